The maximum atomic E-state index is 6.58. The molecule has 0 amide bonds. The van der Waals surface area contributed by atoms with Crippen LogP contribution in [0.4, 0.5) is 0 Å². The average Bonchev–Trinajstić information content (AvgIpc) is 3.97. The Bertz CT molecular complexity index is 2830. The lowest BCUT2D eigenvalue weighted by atomic mass is 10.3. The smallest absolute Gasteiger partial charge is 0.105 e. The van der Waals surface area contributed by atoms with Gasteiger partial charge in [-0.05, 0) is 121 Å². The minimum Gasteiger partial charge on any atom is -0.355 e. The van der Waals surface area contributed by atoms with Gasteiger partial charge in [0.05, 0.1) is 65.5 Å². The van der Waals surface area contributed by atoms with Crippen LogP contribution in [0.15, 0.2) is 84.9 Å². The molecule has 0 aromatic carbocycles. The van der Waals surface area contributed by atoms with Crippen molar-refractivity contribution in [2.75, 3.05) is 0 Å². The van der Waals surface area contributed by atoms with Crippen molar-refractivity contribution >= 4 is 137 Å². The van der Waals surface area contributed by atoms with Crippen molar-refractivity contribution in [3.8, 4) is 0 Å². The summed E-state index contributed by atoms with van der Waals surface area (Å²) in [7, 11) is 0. The van der Waals surface area contributed by atoms with Gasteiger partial charge >= 0.3 is 0 Å². The normalized spacial score (nSPS) is 13.1. The van der Waals surface area contributed by atoms with Crippen molar-refractivity contribution in [1.82, 2.24) is 39.9 Å². The molecule has 0 atom stereocenters. The molecule has 8 nitrogen and oxygen atoms in total. The van der Waals surface area contributed by atoms with Crippen LogP contribution >= 0.6 is 46.4 Å². The lowest BCUT2D eigenvalue weighted by Gasteiger charge is -1.95. The minimum atomic E-state index is 0.269. The topological polar surface area (TPSA) is 115 Å². The van der Waals surface area contributed by atoms with Crippen LogP contribution in [0, 0.1) is 0 Å². The molecule has 0 saturated carbocycles. The Kier molecular flexibility index (Phi) is 8.17. The number of fused-ring (bicyclic) bond motifs is 16. The van der Waals surface area contributed by atoms with E-state index in [1.54, 1.807) is 12.1 Å². The molecule has 0 aliphatic carbocycles. The largest absolute Gasteiger partial charge is 0.355 e. The highest BCUT2D eigenvalue weighted by molar-refractivity contribution is 6.66. The first kappa shape index (κ1) is 32.3. The molecule has 52 heavy (non-hydrogen) atoms. The maximum absolute atomic E-state index is 6.58. The fourth-order valence-corrected chi connectivity index (χ4v) is 7.11. The molecule has 0 saturated heterocycles. The van der Waals surface area contributed by atoms with Gasteiger partial charge in [0, 0.05) is 38.6 Å². The molecule has 4 N–H and O–H groups in total. The zero-order chi connectivity index (χ0) is 35.3. The zero-order valence-electron chi connectivity index (χ0n) is 26.8. The molecular weight excluding hydrogens is 734 g/mol. The van der Waals surface area contributed by atoms with E-state index in [1.165, 1.54) is 0 Å². The Morgan fingerprint density at radius 2 is 0.769 bits per heavy atom. The van der Waals surface area contributed by atoms with Crippen LogP contribution in [0.1, 0.15) is 45.6 Å². The predicted molar refractivity (Wildman–Crippen MR) is 217 cm³/mol. The Labute approximate surface area is 315 Å². The van der Waals surface area contributed by atoms with Gasteiger partial charge in [-0.3, -0.25) is 0 Å². The highest BCUT2D eigenvalue weighted by Crippen LogP contribution is 2.40. The molecule has 0 unspecified atom stereocenters. The van der Waals surface area contributed by atoms with Gasteiger partial charge in [-0.1, -0.05) is 46.4 Å². The number of aromatic amines is 4. The van der Waals surface area contributed by atoms with E-state index in [1.807, 2.05) is 78.9 Å². The second-order valence-corrected chi connectivity index (χ2v) is 13.8. The first-order valence-corrected chi connectivity index (χ1v) is 17.6. The van der Waals surface area contributed by atoms with E-state index in [0.717, 1.165) is 72.8 Å². The summed E-state index contributed by atoms with van der Waals surface area (Å²) < 4.78 is 0. The van der Waals surface area contributed by atoms with Gasteiger partial charge in [-0.25, -0.2) is 19.9 Å². The first-order valence-electron chi connectivity index (χ1n) is 16.1. The van der Waals surface area contributed by atoms with E-state index in [4.69, 9.17) is 46.4 Å². The van der Waals surface area contributed by atoms with Crippen molar-refractivity contribution in [2.24, 2.45) is 0 Å². The van der Waals surface area contributed by atoms with Gasteiger partial charge in [0.15, 0.2) is 0 Å². The van der Waals surface area contributed by atoms with Crippen LogP contribution in [0.5, 0.6) is 0 Å². The van der Waals surface area contributed by atoms with Gasteiger partial charge in [-0.15, -0.1) is 0 Å². The quantitative estimate of drug-likeness (QED) is 0.123. The van der Waals surface area contributed by atoms with E-state index in [0.29, 0.717) is 32.0 Å². The van der Waals surface area contributed by atoms with E-state index in [-0.39, 0.29) is 5.03 Å². The highest BCUT2D eigenvalue weighted by Gasteiger charge is 2.21. The molecule has 6 aromatic rings. The van der Waals surface area contributed by atoms with Crippen LogP contribution < -0.4 is 0 Å². The van der Waals surface area contributed by atoms with Crippen molar-refractivity contribution < 1.29 is 0 Å². The third kappa shape index (κ3) is 6.61. The van der Waals surface area contributed by atoms with Crippen molar-refractivity contribution in [3.05, 3.63) is 141 Å². The highest BCUT2D eigenvalue weighted by atomic mass is 35.5. The fraction of sp³-hybridized carbons (Fsp3) is 0. The summed E-state index contributed by atoms with van der Waals surface area (Å²) in [5, 5.41) is 1.34. The summed E-state index contributed by atoms with van der Waals surface area (Å²) in [4.78, 5) is 31.6. The average molecular weight is 758 g/mol. The number of hydrogen-bond donors (Lipinski definition) is 4. The first-order chi connectivity index (χ1) is 25.3. The van der Waals surface area contributed by atoms with Gasteiger partial charge in [-0.2, -0.15) is 0 Å². The van der Waals surface area contributed by atoms with Gasteiger partial charge < -0.3 is 19.9 Å². The molecular formula is C40H24Cl4N8. The van der Waals surface area contributed by atoms with Gasteiger partial charge in [0.25, 0.3) is 0 Å². The predicted octanol–water partition coefficient (Wildman–Crippen LogP) is 11.8. The minimum absolute atomic E-state index is 0.269. The molecule has 4 aliphatic heterocycles. The van der Waals surface area contributed by atoms with Crippen LogP contribution in [0.3, 0.4) is 0 Å². The lowest BCUT2D eigenvalue weighted by molar-refractivity contribution is 1.27. The molecule has 16 bridgehead atoms. The number of hydrogen-bond acceptors (Lipinski definition) is 4. The molecule has 12 heteroatoms. The van der Waals surface area contributed by atoms with E-state index in [9.17, 15) is 0 Å². The Balaban J connectivity index is 0.000000140. The molecule has 252 valence electrons. The number of nitrogens with one attached hydrogen (secondary N) is 4. The van der Waals surface area contributed by atoms with E-state index < -0.39 is 0 Å². The summed E-state index contributed by atoms with van der Waals surface area (Å²) in [6.07, 6.45) is 11.9. The molecule has 10 heterocycles. The summed E-state index contributed by atoms with van der Waals surface area (Å²) in [5.74, 6) is 0. The van der Waals surface area contributed by atoms with Crippen molar-refractivity contribution in [2.45, 2.75) is 0 Å². The molecule has 10 rings (SSSR count). The third-order valence-corrected chi connectivity index (χ3v) is 9.94. The SMILES string of the molecule is C1=Cc2cc3ccc(cc4ccc(cc5nc(cc1n2)C=C5)[nH]4)[nH]3.ClC1=C(Cl)c2nc1cc1nc(cc3ccc(cc4cc(Cl)c([nH]4)c2Cl)[nH]3)C=C1. The van der Waals surface area contributed by atoms with Crippen LogP contribution in [0.2, 0.25) is 10.0 Å². The van der Waals surface area contributed by atoms with Crippen molar-refractivity contribution in [3.63, 3.8) is 0 Å². The van der Waals surface area contributed by atoms with E-state index >= 15 is 0 Å². The van der Waals surface area contributed by atoms with E-state index in [2.05, 4.69) is 70.2 Å². The lowest BCUT2D eigenvalue weighted by Crippen LogP contribution is -1.81. The number of rotatable bonds is 0. The second-order valence-electron chi connectivity index (χ2n) is 12.2. The summed E-state index contributed by atoms with van der Waals surface area (Å²) >= 11 is 25.8. The Morgan fingerprint density at radius 3 is 1.25 bits per heavy atom. The standard InChI is InChI=1S/C20H10Cl4N4.C20H14N4/c21-14-7-13-6-11-2-1-9(25-11)5-10-3-4-12(26-10)8-15-16(22)17(23)20(28-15)18(24)19(14)27-13;1-2-14-10-16-5-6-18(23-16)12-20-8-7-19(24-20)11-17-4-3-15(22-17)9-13(1)21-14/h1-8,25,27H;1-12,21-22H. The second kappa shape index (κ2) is 13.2. The maximum Gasteiger partial charge on any atom is 0.105 e. The molecule has 6 aromatic heterocycles. The molecule has 0 radical (unpaired) electrons. The number of H-pyrrole nitrogens is 4. The Morgan fingerprint density at radius 1 is 0.365 bits per heavy atom. The fourth-order valence-electron chi connectivity index (χ4n) is 6.04. The third-order valence-electron chi connectivity index (χ3n) is 8.43. The number of nitrogens with zero attached hydrogens (tertiary/aromatic N) is 4. The van der Waals surface area contributed by atoms with Crippen LogP contribution in [-0.4, -0.2) is 39.9 Å². The molecule has 0 fully saturated rings. The summed E-state index contributed by atoms with van der Waals surface area (Å²) in [6, 6.07) is 27.8. The van der Waals surface area contributed by atoms with Crippen LogP contribution in [-0.2, 0) is 0 Å². The molecule has 0 spiro atoms. The van der Waals surface area contributed by atoms with Gasteiger partial charge in [0.1, 0.15) is 5.69 Å². The zero-order valence-corrected chi connectivity index (χ0v) is 29.9. The van der Waals surface area contributed by atoms with Crippen LogP contribution in [0.25, 0.3) is 90.7 Å². The van der Waals surface area contributed by atoms with Gasteiger partial charge in [0.2, 0.25) is 0 Å². The van der Waals surface area contributed by atoms with Crippen molar-refractivity contribution in [1.29, 1.82) is 0 Å². The number of aromatic nitrogens is 8. The summed E-state index contributed by atoms with van der Waals surface area (Å²) in [5.41, 5.74) is 13.4. The Hall–Kier alpha value is -5.64. The summed E-state index contributed by atoms with van der Waals surface area (Å²) in [6.45, 7) is 0. The number of halogens is 4. The molecule has 4 aliphatic rings. The monoisotopic (exact) mass is 756 g/mol.